The second-order valence-corrected chi connectivity index (χ2v) is 11.4. The summed E-state index contributed by atoms with van der Waals surface area (Å²) in [5.41, 5.74) is -0.395. The van der Waals surface area contributed by atoms with Crippen LogP contribution in [-0.4, -0.2) is 66.1 Å². The number of methoxy groups -OCH3 is 1. The third kappa shape index (κ3) is 5.21. The lowest BCUT2D eigenvalue weighted by atomic mass is 9.46. The molecule has 3 aliphatic rings. The first-order chi connectivity index (χ1) is 17.2. The maximum Gasteiger partial charge on any atom is 0.411 e. The molecule has 2 saturated carbocycles. The fourth-order valence-corrected chi connectivity index (χ4v) is 7.19. The van der Waals surface area contributed by atoms with Crippen LogP contribution >= 0.6 is 0 Å². The van der Waals surface area contributed by atoms with E-state index >= 15 is 0 Å². The van der Waals surface area contributed by atoms with Crippen LogP contribution in [-0.2, 0) is 9.53 Å². The number of anilines is 1. The van der Waals surface area contributed by atoms with E-state index in [0.717, 1.165) is 45.2 Å². The molecule has 1 heterocycles. The molecule has 6 unspecified atom stereocenters. The molecule has 0 radical (unpaired) electrons. The molecule has 200 valence electrons. The van der Waals surface area contributed by atoms with Gasteiger partial charge in [-0.15, -0.1) is 0 Å². The van der Waals surface area contributed by atoms with Crippen molar-refractivity contribution in [3.8, 4) is 5.75 Å². The lowest BCUT2D eigenvalue weighted by Crippen LogP contribution is -2.61. The van der Waals surface area contributed by atoms with Gasteiger partial charge in [0.1, 0.15) is 11.9 Å². The highest BCUT2D eigenvalue weighted by atomic mass is 16.6. The zero-order chi connectivity index (χ0) is 25.9. The molecule has 0 bridgehead atoms. The fraction of sp³-hybridized carbons (Fsp3) is 0.714. The van der Waals surface area contributed by atoms with Crippen molar-refractivity contribution in [1.82, 2.24) is 4.90 Å². The summed E-state index contributed by atoms with van der Waals surface area (Å²) in [6.45, 7) is 5.62. The average Bonchev–Trinajstić information content (AvgIpc) is 2.89. The van der Waals surface area contributed by atoms with E-state index in [1.165, 1.54) is 0 Å². The molecule has 2 aliphatic carbocycles. The summed E-state index contributed by atoms with van der Waals surface area (Å²) in [6.07, 6.45) is 4.62. The molecule has 1 aromatic carbocycles. The quantitative estimate of drug-likeness (QED) is 0.538. The second-order valence-electron chi connectivity index (χ2n) is 11.4. The number of aliphatic hydroxyl groups excluding tert-OH is 2. The minimum absolute atomic E-state index is 0.0186. The van der Waals surface area contributed by atoms with Gasteiger partial charge in [0.25, 0.3) is 0 Å². The van der Waals surface area contributed by atoms with Gasteiger partial charge in [-0.1, -0.05) is 13.8 Å². The summed E-state index contributed by atoms with van der Waals surface area (Å²) in [5, 5.41) is 24.4. The number of benzene rings is 1. The molecule has 8 heteroatoms. The van der Waals surface area contributed by atoms with Crippen LogP contribution in [0.15, 0.2) is 24.3 Å². The van der Waals surface area contributed by atoms with Gasteiger partial charge in [0, 0.05) is 30.6 Å². The Bertz CT molecular complexity index is 917. The number of nitrogens with zero attached hydrogens (tertiary/aromatic N) is 1. The van der Waals surface area contributed by atoms with Crippen molar-refractivity contribution >= 4 is 17.7 Å². The van der Waals surface area contributed by atoms with Crippen LogP contribution in [0.3, 0.4) is 0 Å². The van der Waals surface area contributed by atoms with Crippen molar-refractivity contribution in [2.75, 3.05) is 32.1 Å². The minimum atomic E-state index is -0.670. The van der Waals surface area contributed by atoms with Gasteiger partial charge >= 0.3 is 6.09 Å². The van der Waals surface area contributed by atoms with Gasteiger partial charge in [0.15, 0.2) is 0 Å². The summed E-state index contributed by atoms with van der Waals surface area (Å²) in [4.78, 5) is 27.9. The third-order valence-corrected chi connectivity index (χ3v) is 9.37. The Morgan fingerprint density at radius 2 is 1.78 bits per heavy atom. The molecule has 0 aromatic heterocycles. The molecule has 3 fully saturated rings. The molecule has 36 heavy (non-hydrogen) atoms. The topological polar surface area (TPSA) is 108 Å². The summed E-state index contributed by atoms with van der Waals surface area (Å²) >= 11 is 0. The molecular weight excluding hydrogens is 460 g/mol. The molecule has 8 nitrogen and oxygen atoms in total. The molecule has 1 aromatic rings. The molecule has 6 atom stereocenters. The highest BCUT2D eigenvalue weighted by Crippen LogP contribution is 2.61. The van der Waals surface area contributed by atoms with E-state index in [-0.39, 0.29) is 29.8 Å². The Hall–Kier alpha value is -2.32. The van der Waals surface area contributed by atoms with E-state index in [0.29, 0.717) is 30.7 Å². The van der Waals surface area contributed by atoms with Crippen LogP contribution in [0, 0.1) is 22.7 Å². The number of rotatable bonds is 6. The first kappa shape index (κ1) is 26.7. The Morgan fingerprint density at radius 3 is 2.42 bits per heavy atom. The van der Waals surface area contributed by atoms with Crippen LogP contribution in [0.5, 0.6) is 5.75 Å². The predicted molar refractivity (Wildman–Crippen MR) is 137 cm³/mol. The highest BCUT2D eigenvalue weighted by Gasteiger charge is 2.60. The van der Waals surface area contributed by atoms with E-state index in [1.54, 1.807) is 31.4 Å². The van der Waals surface area contributed by atoms with E-state index in [2.05, 4.69) is 12.2 Å². The fourth-order valence-electron chi connectivity index (χ4n) is 7.19. The number of amides is 2. The SMILES string of the molecule is COc1ccc(NC(=O)OC2CCC3(C)C(CC(=O)N4CCCCC4)C(O)CCC3C2(C)CO)cc1. The Labute approximate surface area is 214 Å². The van der Waals surface area contributed by atoms with Crippen LogP contribution in [0.2, 0.25) is 0 Å². The van der Waals surface area contributed by atoms with E-state index < -0.39 is 23.7 Å². The number of fused-ring (bicyclic) bond motifs is 1. The van der Waals surface area contributed by atoms with Gasteiger partial charge in [-0.25, -0.2) is 4.79 Å². The highest BCUT2D eigenvalue weighted by molar-refractivity contribution is 5.84. The Kier molecular flexibility index (Phi) is 8.15. The predicted octanol–water partition coefficient (Wildman–Crippen LogP) is 4.20. The van der Waals surface area contributed by atoms with Crippen molar-refractivity contribution in [2.24, 2.45) is 22.7 Å². The van der Waals surface area contributed by atoms with Crippen molar-refractivity contribution < 1.29 is 29.3 Å². The monoisotopic (exact) mass is 502 g/mol. The largest absolute Gasteiger partial charge is 0.497 e. The number of likely N-dealkylation sites (tertiary alicyclic amines) is 1. The zero-order valence-electron chi connectivity index (χ0n) is 21.9. The molecule has 3 N–H and O–H groups in total. The van der Waals surface area contributed by atoms with Crippen LogP contribution < -0.4 is 10.1 Å². The molecule has 2 amide bonds. The van der Waals surface area contributed by atoms with Crippen molar-refractivity contribution in [1.29, 1.82) is 0 Å². The van der Waals surface area contributed by atoms with Crippen molar-refractivity contribution in [3.05, 3.63) is 24.3 Å². The maximum atomic E-state index is 13.2. The normalized spacial score (nSPS) is 34.4. The summed E-state index contributed by atoms with van der Waals surface area (Å²) in [6, 6.07) is 7.02. The Morgan fingerprint density at radius 1 is 1.08 bits per heavy atom. The molecule has 1 saturated heterocycles. The van der Waals surface area contributed by atoms with E-state index in [1.807, 2.05) is 11.8 Å². The molecule has 4 rings (SSSR count). The number of piperidine rings is 1. The van der Waals surface area contributed by atoms with E-state index in [4.69, 9.17) is 9.47 Å². The first-order valence-electron chi connectivity index (χ1n) is 13.4. The van der Waals surface area contributed by atoms with Gasteiger partial charge in [-0.3, -0.25) is 10.1 Å². The number of ether oxygens (including phenoxy) is 2. The molecule has 0 spiro atoms. The molecule has 1 aliphatic heterocycles. The number of aliphatic hydroxyl groups is 2. The Balaban J connectivity index is 1.47. The van der Waals surface area contributed by atoms with Gasteiger partial charge in [0.05, 0.1) is 19.8 Å². The minimum Gasteiger partial charge on any atom is -0.497 e. The van der Waals surface area contributed by atoms with Gasteiger partial charge < -0.3 is 24.6 Å². The second kappa shape index (κ2) is 11.0. The summed E-state index contributed by atoms with van der Waals surface area (Å²) in [5.74, 6) is 0.667. The van der Waals surface area contributed by atoms with Gasteiger partial charge in [-0.2, -0.15) is 0 Å². The number of nitrogens with one attached hydrogen (secondary N) is 1. The average molecular weight is 503 g/mol. The molecular formula is C28H42N2O6. The van der Waals surface area contributed by atoms with Gasteiger partial charge in [-0.05, 0) is 86.5 Å². The number of carbonyl (C=O) groups excluding carboxylic acids is 2. The zero-order valence-corrected chi connectivity index (χ0v) is 21.9. The summed E-state index contributed by atoms with van der Waals surface area (Å²) < 4.78 is 11.1. The summed E-state index contributed by atoms with van der Waals surface area (Å²) in [7, 11) is 1.58. The number of hydrogen-bond donors (Lipinski definition) is 3. The maximum absolute atomic E-state index is 13.2. The number of hydrogen-bond acceptors (Lipinski definition) is 6. The van der Waals surface area contributed by atoms with Crippen LogP contribution in [0.25, 0.3) is 0 Å². The van der Waals surface area contributed by atoms with E-state index in [9.17, 15) is 19.8 Å². The lowest BCUT2D eigenvalue weighted by Gasteiger charge is -2.60. The number of carbonyl (C=O) groups is 2. The smallest absolute Gasteiger partial charge is 0.411 e. The van der Waals surface area contributed by atoms with Gasteiger partial charge in [0.2, 0.25) is 5.91 Å². The standard InChI is InChI=1S/C28H42N2O6/c1-27-14-13-24(36-26(34)29-19-7-9-20(35-3)10-8-19)28(2,18-31)23(27)12-11-22(32)21(27)17-25(33)30-15-5-4-6-16-30/h7-10,21-24,31-32H,4-6,11-18H2,1-3H3,(H,29,34). The van der Waals surface area contributed by atoms with Crippen molar-refractivity contribution in [3.63, 3.8) is 0 Å². The van der Waals surface area contributed by atoms with Crippen molar-refractivity contribution in [2.45, 2.75) is 77.4 Å². The van der Waals surface area contributed by atoms with Crippen LogP contribution in [0.1, 0.15) is 65.2 Å². The third-order valence-electron chi connectivity index (χ3n) is 9.37. The lowest BCUT2D eigenvalue weighted by molar-refractivity contribution is -0.186. The first-order valence-corrected chi connectivity index (χ1v) is 13.4. The van der Waals surface area contributed by atoms with Crippen LogP contribution in [0.4, 0.5) is 10.5 Å².